The van der Waals surface area contributed by atoms with Crippen molar-refractivity contribution in [3.8, 4) is 0 Å². The Morgan fingerprint density at radius 2 is 2.17 bits per heavy atom. The highest BCUT2D eigenvalue weighted by atomic mass is 79.9. The average molecular weight is 230 g/mol. The Morgan fingerprint density at radius 1 is 1.58 bits per heavy atom. The Balaban J connectivity index is 4.66. The summed E-state index contributed by atoms with van der Waals surface area (Å²) >= 11 is 3.50. The van der Waals surface area contributed by atoms with Gasteiger partial charge in [-0.15, -0.1) is 0 Å². The third kappa shape index (κ3) is 3.88. The van der Waals surface area contributed by atoms with E-state index >= 15 is 0 Å². The number of hydrogen-bond acceptors (Lipinski definition) is 1. The van der Waals surface area contributed by atoms with Gasteiger partial charge in [0.15, 0.2) is 0 Å². The summed E-state index contributed by atoms with van der Waals surface area (Å²) in [6.07, 6.45) is 4.10. The number of rotatable bonds is 4. The Morgan fingerprint density at radius 3 is 2.50 bits per heavy atom. The summed E-state index contributed by atoms with van der Waals surface area (Å²) in [5.74, 6) is 0. The summed E-state index contributed by atoms with van der Waals surface area (Å²) in [6.45, 7) is 8.73. The van der Waals surface area contributed by atoms with E-state index in [2.05, 4.69) is 33.9 Å². The van der Waals surface area contributed by atoms with Gasteiger partial charge in [-0.2, -0.15) is 0 Å². The van der Waals surface area contributed by atoms with Crippen molar-refractivity contribution in [1.82, 2.24) is 5.32 Å². The van der Waals surface area contributed by atoms with Crippen LogP contribution in [0.4, 0.5) is 0 Å². The second-order valence-electron chi connectivity index (χ2n) is 2.65. The van der Waals surface area contributed by atoms with Crippen LogP contribution in [0.15, 0.2) is 34.4 Å². The van der Waals surface area contributed by atoms with Gasteiger partial charge in [-0.1, -0.05) is 34.7 Å². The van der Waals surface area contributed by atoms with E-state index in [9.17, 15) is 0 Å². The van der Waals surface area contributed by atoms with E-state index in [1.165, 1.54) is 5.57 Å². The van der Waals surface area contributed by atoms with Gasteiger partial charge in [-0.25, -0.2) is 0 Å². The van der Waals surface area contributed by atoms with E-state index in [0.29, 0.717) is 0 Å². The summed E-state index contributed by atoms with van der Waals surface area (Å²) in [7, 11) is 1.93. The fourth-order valence-electron chi connectivity index (χ4n) is 0.875. The molecule has 1 N–H and O–H groups in total. The molecule has 0 aromatic rings. The Hall–Kier alpha value is -0.340. The van der Waals surface area contributed by atoms with E-state index in [-0.39, 0.29) is 0 Å². The standard InChI is InChI=1S/C10H16BrN/c1-5-6-9(7-12-4)10(11)8(2)3/h5-6,12H,2,7H2,1,3-4H3/b6-5-,10-9-. The third-order valence-corrected chi connectivity index (χ3v) is 2.58. The van der Waals surface area contributed by atoms with E-state index in [0.717, 1.165) is 16.6 Å². The molecule has 0 aliphatic heterocycles. The zero-order valence-corrected chi connectivity index (χ0v) is 9.53. The van der Waals surface area contributed by atoms with Crippen molar-refractivity contribution < 1.29 is 0 Å². The molecule has 1 nitrogen and oxygen atoms in total. The first-order valence-electron chi connectivity index (χ1n) is 3.95. The largest absolute Gasteiger partial charge is 0.316 e. The lowest BCUT2D eigenvalue weighted by molar-refractivity contribution is 0.893. The summed E-state index contributed by atoms with van der Waals surface area (Å²) in [5.41, 5.74) is 2.28. The van der Waals surface area contributed by atoms with Crippen LogP contribution in [0, 0.1) is 0 Å². The molecule has 2 heteroatoms. The molecule has 0 rings (SSSR count). The van der Waals surface area contributed by atoms with Gasteiger partial charge >= 0.3 is 0 Å². The van der Waals surface area contributed by atoms with Crippen LogP contribution in [0.1, 0.15) is 13.8 Å². The normalized spacial score (nSPS) is 13.3. The lowest BCUT2D eigenvalue weighted by Gasteiger charge is -2.05. The zero-order valence-electron chi connectivity index (χ0n) is 7.95. The first-order valence-corrected chi connectivity index (χ1v) is 4.74. The molecule has 0 aromatic heterocycles. The SMILES string of the molecule is C=C(C)/C(Br)=C(\C=C/C)CNC. The van der Waals surface area contributed by atoms with Crippen molar-refractivity contribution in [2.45, 2.75) is 13.8 Å². The Labute approximate surface area is 83.4 Å². The maximum absolute atomic E-state index is 3.87. The van der Waals surface area contributed by atoms with Gasteiger partial charge in [-0.3, -0.25) is 0 Å². The summed E-state index contributed by atoms with van der Waals surface area (Å²) in [6, 6.07) is 0. The number of halogens is 1. The molecule has 0 saturated heterocycles. The second-order valence-corrected chi connectivity index (χ2v) is 3.44. The fourth-order valence-corrected chi connectivity index (χ4v) is 1.15. The van der Waals surface area contributed by atoms with Gasteiger partial charge in [0.05, 0.1) is 0 Å². The summed E-state index contributed by atoms with van der Waals surface area (Å²) in [4.78, 5) is 0. The second kappa shape index (κ2) is 6.21. The predicted octanol–water partition coefficient (Wildman–Crippen LogP) is 3.01. The van der Waals surface area contributed by atoms with Crippen molar-refractivity contribution in [2.75, 3.05) is 13.6 Å². The minimum absolute atomic E-state index is 0.859. The quantitative estimate of drug-likeness (QED) is 0.732. The molecule has 0 aromatic carbocycles. The molecule has 0 unspecified atom stereocenters. The van der Waals surface area contributed by atoms with E-state index in [4.69, 9.17) is 0 Å². The highest BCUT2D eigenvalue weighted by molar-refractivity contribution is 9.12. The first kappa shape index (κ1) is 11.7. The molecule has 0 saturated carbocycles. The van der Waals surface area contributed by atoms with Gasteiger partial charge < -0.3 is 5.32 Å². The Bertz CT molecular complexity index is 214. The van der Waals surface area contributed by atoms with Crippen LogP contribution < -0.4 is 5.32 Å². The molecule has 0 aliphatic carbocycles. The van der Waals surface area contributed by atoms with E-state index in [1.807, 2.05) is 27.0 Å². The summed E-state index contributed by atoms with van der Waals surface area (Å²) in [5, 5.41) is 3.11. The van der Waals surface area contributed by atoms with Crippen molar-refractivity contribution in [2.24, 2.45) is 0 Å². The van der Waals surface area contributed by atoms with Crippen LogP contribution in [0.3, 0.4) is 0 Å². The smallest absolute Gasteiger partial charge is 0.0243 e. The number of hydrogen-bond donors (Lipinski definition) is 1. The molecule has 0 heterocycles. The minimum Gasteiger partial charge on any atom is -0.316 e. The molecule has 68 valence electrons. The molecule has 0 aliphatic rings. The van der Waals surface area contributed by atoms with Crippen LogP contribution in [-0.2, 0) is 0 Å². The molecule has 12 heavy (non-hydrogen) atoms. The lowest BCUT2D eigenvalue weighted by Crippen LogP contribution is -2.10. The molecule has 0 radical (unpaired) electrons. The van der Waals surface area contributed by atoms with Crippen LogP contribution in [-0.4, -0.2) is 13.6 Å². The van der Waals surface area contributed by atoms with Gasteiger partial charge in [-0.05, 0) is 32.0 Å². The monoisotopic (exact) mass is 229 g/mol. The van der Waals surface area contributed by atoms with Gasteiger partial charge in [0.1, 0.15) is 0 Å². The fraction of sp³-hybridized carbons (Fsp3) is 0.400. The maximum Gasteiger partial charge on any atom is 0.0243 e. The highest BCUT2D eigenvalue weighted by Gasteiger charge is 1.99. The summed E-state index contributed by atoms with van der Waals surface area (Å²) < 4.78 is 1.09. The molecule has 0 spiro atoms. The number of allylic oxidation sites excluding steroid dienone is 3. The Kier molecular flexibility index (Phi) is 6.03. The van der Waals surface area contributed by atoms with Crippen molar-refractivity contribution in [1.29, 1.82) is 0 Å². The molecule has 0 bridgehead atoms. The van der Waals surface area contributed by atoms with Crippen LogP contribution >= 0.6 is 15.9 Å². The van der Waals surface area contributed by atoms with Crippen LogP contribution in [0.2, 0.25) is 0 Å². The van der Waals surface area contributed by atoms with Crippen molar-refractivity contribution in [3.63, 3.8) is 0 Å². The molecular weight excluding hydrogens is 214 g/mol. The molecule has 0 fully saturated rings. The van der Waals surface area contributed by atoms with E-state index < -0.39 is 0 Å². The zero-order chi connectivity index (χ0) is 9.56. The van der Waals surface area contributed by atoms with Gasteiger partial charge in [0, 0.05) is 11.0 Å². The maximum atomic E-state index is 3.87. The number of likely N-dealkylation sites (N-methyl/N-ethyl adjacent to an activating group) is 1. The minimum atomic E-state index is 0.859. The van der Waals surface area contributed by atoms with E-state index in [1.54, 1.807) is 0 Å². The molecule has 0 atom stereocenters. The van der Waals surface area contributed by atoms with Gasteiger partial charge in [0.25, 0.3) is 0 Å². The lowest BCUT2D eigenvalue weighted by atomic mass is 10.1. The molecule has 0 amide bonds. The number of nitrogens with one attached hydrogen (secondary N) is 1. The van der Waals surface area contributed by atoms with Crippen LogP contribution in [0.5, 0.6) is 0 Å². The third-order valence-electron chi connectivity index (χ3n) is 1.39. The van der Waals surface area contributed by atoms with Gasteiger partial charge in [0.2, 0.25) is 0 Å². The predicted molar refractivity (Wildman–Crippen MR) is 59.5 cm³/mol. The average Bonchev–Trinajstić information content (AvgIpc) is 2.03. The first-order chi connectivity index (χ1) is 5.63. The van der Waals surface area contributed by atoms with Crippen molar-refractivity contribution >= 4 is 15.9 Å². The van der Waals surface area contributed by atoms with Crippen molar-refractivity contribution in [3.05, 3.63) is 34.4 Å². The molecular formula is C10H16BrN. The topological polar surface area (TPSA) is 12.0 Å². The van der Waals surface area contributed by atoms with Crippen LogP contribution in [0.25, 0.3) is 0 Å². The highest BCUT2D eigenvalue weighted by Crippen LogP contribution is 2.20.